The Morgan fingerprint density at radius 2 is 1.79 bits per heavy atom. The third kappa shape index (κ3) is 6.27. The summed E-state index contributed by atoms with van der Waals surface area (Å²) in [6.07, 6.45) is 0. The molecule has 29 heavy (non-hydrogen) atoms. The van der Waals surface area contributed by atoms with Gasteiger partial charge >= 0.3 is 0 Å². The van der Waals surface area contributed by atoms with Crippen LogP contribution in [0.5, 0.6) is 5.75 Å². The van der Waals surface area contributed by atoms with Crippen molar-refractivity contribution in [3.8, 4) is 5.75 Å². The van der Waals surface area contributed by atoms with Crippen molar-refractivity contribution >= 4 is 17.3 Å². The predicted octanol–water partition coefficient (Wildman–Crippen LogP) is 2.54. The van der Waals surface area contributed by atoms with E-state index in [1.54, 1.807) is 19.1 Å². The molecule has 1 heterocycles. The predicted molar refractivity (Wildman–Crippen MR) is 111 cm³/mol. The summed E-state index contributed by atoms with van der Waals surface area (Å²) in [6, 6.07) is 14.5. The molecule has 1 fully saturated rings. The Hall–Kier alpha value is -2.97. The monoisotopic (exact) mass is 398 g/mol. The summed E-state index contributed by atoms with van der Waals surface area (Å²) in [5.41, 5.74) is 0.936. The smallest absolute Gasteiger partial charge is 0.293 e. The Kier molecular flexibility index (Phi) is 7.15. The molecule has 154 valence electrons. The lowest BCUT2D eigenvalue weighted by atomic mass is 10.2. The standard InChI is InChI=1S/C21H26N4O4/c1-17-7-8-19(20(15-17)25(27)28)22-21(26)16-24-11-9-23(10-12-24)13-14-29-18-5-3-2-4-6-18/h2-8,15H,9-14,16H2,1H3,(H,22,26). The van der Waals surface area contributed by atoms with Crippen LogP contribution in [0.2, 0.25) is 0 Å². The van der Waals surface area contributed by atoms with Crippen molar-refractivity contribution in [2.75, 3.05) is 51.2 Å². The number of carbonyl (C=O) groups excluding carboxylic acids is 1. The number of benzene rings is 2. The summed E-state index contributed by atoms with van der Waals surface area (Å²) in [5.74, 6) is 0.630. The summed E-state index contributed by atoms with van der Waals surface area (Å²) in [4.78, 5) is 27.4. The molecule has 8 heteroatoms. The third-order valence-corrected chi connectivity index (χ3v) is 4.88. The van der Waals surface area contributed by atoms with E-state index in [1.165, 1.54) is 6.07 Å². The molecule has 3 rings (SSSR count). The van der Waals surface area contributed by atoms with Crippen molar-refractivity contribution in [2.45, 2.75) is 6.92 Å². The van der Waals surface area contributed by atoms with Crippen LogP contribution in [0.3, 0.4) is 0 Å². The van der Waals surface area contributed by atoms with E-state index in [-0.39, 0.29) is 23.8 Å². The molecule has 1 saturated heterocycles. The highest BCUT2D eigenvalue weighted by atomic mass is 16.6. The van der Waals surface area contributed by atoms with Gasteiger partial charge in [0, 0.05) is 38.8 Å². The Morgan fingerprint density at radius 1 is 1.10 bits per heavy atom. The molecule has 0 atom stereocenters. The molecule has 8 nitrogen and oxygen atoms in total. The first kappa shape index (κ1) is 20.8. The second-order valence-electron chi connectivity index (χ2n) is 7.11. The van der Waals surface area contributed by atoms with Gasteiger partial charge in [0.2, 0.25) is 5.91 Å². The molecular formula is C21H26N4O4. The number of hydrogen-bond acceptors (Lipinski definition) is 6. The minimum absolute atomic E-state index is 0.0819. The molecule has 2 aromatic rings. The minimum Gasteiger partial charge on any atom is -0.492 e. The highest BCUT2D eigenvalue weighted by Crippen LogP contribution is 2.25. The molecule has 0 spiro atoms. The highest BCUT2D eigenvalue weighted by molar-refractivity contribution is 5.94. The van der Waals surface area contributed by atoms with Gasteiger partial charge in [0.15, 0.2) is 0 Å². The number of anilines is 1. The number of ether oxygens (including phenoxy) is 1. The summed E-state index contributed by atoms with van der Waals surface area (Å²) in [6.45, 7) is 6.73. The molecule has 0 radical (unpaired) electrons. The SMILES string of the molecule is Cc1ccc(NC(=O)CN2CCN(CCOc3ccccc3)CC2)c([N+](=O)[O-])c1. The van der Waals surface area contributed by atoms with Gasteiger partial charge in [-0.2, -0.15) is 0 Å². The number of aryl methyl sites for hydroxylation is 1. The van der Waals surface area contributed by atoms with Crippen LogP contribution < -0.4 is 10.1 Å². The summed E-state index contributed by atoms with van der Waals surface area (Å²) in [5, 5.41) is 13.9. The normalized spacial score (nSPS) is 15.1. The maximum atomic E-state index is 12.3. The molecule has 1 aliphatic heterocycles. The van der Waals surface area contributed by atoms with Crippen molar-refractivity contribution in [3.63, 3.8) is 0 Å². The number of rotatable bonds is 8. The largest absolute Gasteiger partial charge is 0.492 e. The fourth-order valence-corrected chi connectivity index (χ4v) is 3.27. The van der Waals surface area contributed by atoms with Gasteiger partial charge in [-0.05, 0) is 30.7 Å². The Bertz CT molecular complexity index is 836. The van der Waals surface area contributed by atoms with Crippen molar-refractivity contribution in [3.05, 3.63) is 64.2 Å². The molecule has 1 N–H and O–H groups in total. The van der Waals surface area contributed by atoms with Crippen molar-refractivity contribution < 1.29 is 14.5 Å². The average Bonchev–Trinajstić information content (AvgIpc) is 2.71. The van der Waals surface area contributed by atoms with Gasteiger partial charge in [-0.3, -0.25) is 24.7 Å². The van der Waals surface area contributed by atoms with Crippen LogP contribution in [0.25, 0.3) is 0 Å². The second kappa shape index (κ2) is 9.99. The maximum Gasteiger partial charge on any atom is 0.293 e. The fraction of sp³-hybridized carbons (Fsp3) is 0.381. The van der Waals surface area contributed by atoms with E-state index in [2.05, 4.69) is 15.1 Å². The number of nitrogens with one attached hydrogen (secondary N) is 1. The van der Waals surface area contributed by atoms with Gasteiger partial charge in [-0.1, -0.05) is 24.3 Å². The van der Waals surface area contributed by atoms with Gasteiger partial charge in [0.1, 0.15) is 18.0 Å². The molecular weight excluding hydrogens is 372 g/mol. The quantitative estimate of drug-likeness (QED) is 0.543. The van der Waals surface area contributed by atoms with E-state index >= 15 is 0 Å². The van der Waals surface area contributed by atoms with Crippen LogP contribution in [0, 0.1) is 17.0 Å². The van der Waals surface area contributed by atoms with E-state index in [1.807, 2.05) is 30.3 Å². The van der Waals surface area contributed by atoms with E-state index < -0.39 is 4.92 Å². The van der Waals surface area contributed by atoms with Gasteiger partial charge < -0.3 is 10.1 Å². The van der Waals surface area contributed by atoms with Gasteiger partial charge in [0.25, 0.3) is 5.69 Å². The van der Waals surface area contributed by atoms with Crippen LogP contribution in [-0.4, -0.2) is 66.5 Å². The average molecular weight is 398 g/mol. The minimum atomic E-state index is -0.473. The molecule has 0 unspecified atom stereocenters. The summed E-state index contributed by atoms with van der Waals surface area (Å²) in [7, 11) is 0. The van der Waals surface area contributed by atoms with Crippen molar-refractivity contribution in [1.29, 1.82) is 0 Å². The molecule has 0 aromatic heterocycles. The van der Waals surface area contributed by atoms with Crippen LogP contribution in [0.1, 0.15) is 5.56 Å². The molecule has 2 aromatic carbocycles. The number of nitro groups is 1. The molecule has 1 amide bonds. The Balaban J connectivity index is 1.40. The van der Waals surface area contributed by atoms with Crippen molar-refractivity contribution in [2.24, 2.45) is 0 Å². The molecule has 0 saturated carbocycles. The fourth-order valence-electron chi connectivity index (χ4n) is 3.27. The maximum absolute atomic E-state index is 12.3. The topological polar surface area (TPSA) is 88.0 Å². The third-order valence-electron chi connectivity index (χ3n) is 4.88. The lowest BCUT2D eigenvalue weighted by Gasteiger charge is -2.34. The van der Waals surface area contributed by atoms with Crippen LogP contribution in [0.15, 0.2) is 48.5 Å². The van der Waals surface area contributed by atoms with Gasteiger partial charge in [0.05, 0.1) is 11.5 Å². The van der Waals surface area contributed by atoms with Crippen LogP contribution >= 0.6 is 0 Å². The number of piperazine rings is 1. The second-order valence-corrected chi connectivity index (χ2v) is 7.11. The first-order valence-corrected chi connectivity index (χ1v) is 9.69. The first-order chi connectivity index (χ1) is 14.0. The Morgan fingerprint density at radius 3 is 2.48 bits per heavy atom. The number of hydrogen-bond donors (Lipinski definition) is 1. The van der Waals surface area contributed by atoms with Gasteiger partial charge in [-0.15, -0.1) is 0 Å². The zero-order valence-electron chi connectivity index (χ0n) is 16.5. The van der Waals surface area contributed by atoms with Crippen molar-refractivity contribution in [1.82, 2.24) is 9.80 Å². The number of amides is 1. The zero-order chi connectivity index (χ0) is 20.6. The number of para-hydroxylation sites is 1. The highest BCUT2D eigenvalue weighted by Gasteiger charge is 2.21. The van der Waals surface area contributed by atoms with E-state index in [0.29, 0.717) is 6.61 Å². The van der Waals surface area contributed by atoms with Crippen LogP contribution in [0.4, 0.5) is 11.4 Å². The van der Waals surface area contributed by atoms with Crippen LogP contribution in [-0.2, 0) is 4.79 Å². The molecule has 1 aliphatic rings. The van der Waals surface area contributed by atoms with E-state index in [9.17, 15) is 14.9 Å². The zero-order valence-corrected chi connectivity index (χ0v) is 16.5. The lowest BCUT2D eigenvalue weighted by Crippen LogP contribution is -2.49. The van der Waals surface area contributed by atoms with E-state index in [4.69, 9.17) is 4.74 Å². The number of nitrogens with zero attached hydrogens (tertiary/aromatic N) is 3. The van der Waals surface area contributed by atoms with E-state index in [0.717, 1.165) is 44.0 Å². The Labute approximate surface area is 170 Å². The first-order valence-electron chi connectivity index (χ1n) is 9.69. The summed E-state index contributed by atoms with van der Waals surface area (Å²) >= 11 is 0. The molecule has 0 aliphatic carbocycles. The van der Waals surface area contributed by atoms with Gasteiger partial charge in [-0.25, -0.2) is 0 Å². The molecule has 0 bridgehead atoms. The lowest BCUT2D eigenvalue weighted by molar-refractivity contribution is -0.384. The number of carbonyl (C=O) groups is 1. The number of nitro benzene ring substituents is 1. The summed E-state index contributed by atoms with van der Waals surface area (Å²) < 4.78 is 5.73.